The standard InChI is InChI=1S/C22H24N4O4S/c27-21(13-12-20-24-19-7-3-2-6-18(19)22(28)25-20)23-16-8-10-17(11-9-16)31(29,30)26-14-4-1-5-15-26/h2-3,6-11H,1,4-5,12-15H2,(H,23,27)(H,24,25,28). The normalized spacial score (nSPS) is 15.1. The molecule has 2 heterocycles. The van der Waals surface area contributed by atoms with E-state index in [2.05, 4.69) is 15.3 Å². The first kappa shape index (κ1) is 21.2. The number of carbonyl (C=O) groups excluding carboxylic acids is 1. The highest BCUT2D eigenvalue weighted by molar-refractivity contribution is 7.89. The van der Waals surface area contributed by atoms with Crippen molar-refractivity contribution in [2.75, 3.05) is 18.4 Å². The lowest BCUT2D eigenvalue weighted by atomic mass is 10.2. The Hall–Kier alpha value is -3.04. The van der Waals surface area contributed by atoms with Gasteiger partial charge in [-0.05, 0) is 49.2 Å². The number of fused-ring (bicyclic) bond motifs is 1. The van der Waals surface area contributed by atoms with Gasteiger partial charge in [0.15, 0.2) is 0 Å². The maximum Gasteiger partial charge on any atom is 0.258 e. The van der Waals surface area contributed by atoms with Crippen molar-refractivity contribution in [2.45, 2.75) is 37.0 Å². The topological polar surface area (TPSA) is 112 Å². The maximum absolute atomic E-state index is 12.7. The van der Waals surface area contributed by atoms with Gasteiger partial charge in [0, 0.05) is 31.6 Å². The van der Waals surface area contributed by atoms with Crippen LogP contribution in [0.1, 0.15) is 31.5 Å². The number of amides is 1. The lowest BCUT2D eigenvalue weighted by Gasteiger charge is -2.25. The highest BCUT2D eigenvalue weighted by Gasteiger charge is 2.25. The molecule has 31 heavy (non-hydrogen) atoms. The van der Waals surface area contributed by atoms with Crippen LogP contribution in [0.25, 0.3) is 10.9 Å². The SMILES string of the molecule is O=C(CCc1nc2ccccc2c(=O)[nH]1)Nc1ccc(S(=O)(=O)N2CCCCC2)cc1. The van der Waals surface area contributed by atoms with Gasteiger partial charge in [-0.3, -0.25) is 9.59 Å². The van der Waals surface area contributed by atoms with Crippen LogP contribution < -0.4 is 10.9 Å². The van der Waals surface area contributed by atoms with E-state index < -0.39 is 10.0 Å². The van der Waals surface area contributed by atoms with Gasteiger partial charge in [0.1, 0.15) is 5.82 Å². The number of carbonyl (C=O) groups is 1. The van der Waals surface area contributed by atoms with E-state index in [-0.39, 0.29) is 29.2 Å². The predicted octanol–water partition coefficient (Wildman–Crippen LogP) is 2.67. The zero-order valence-corrected chi connectivity index (χ0v) is 17.8. The van der Waals surface area contributed by atoms with Crippen LogP contribution in [0.5, 0.6) is 0 Å². The van der Waals surface area contributed by atoms with Gasteiger partial charge in [-0.15, -0.1) is 0 Å². The van der Waals surface area contributed by atoms with Crippen molar-refractivity contribution in [3.8, 4) is 0 Å². The van der Waals surface area contributed by atoms with Gasteiger partial charge in [0.2, 0.25) is 15.9 Å². The van der Waals surface area contributed by atoms with Crippen molar-refractivity contribution < 1.29 is 13.2 Å². The summed E-state index contributed by atoms with van der Waals surface area (Å²) in [5.74, 6) is 0.198. The second kappa shape index (κ2) is 8.99. The van der Waals surface area contributed by atoms with Crippen molar-refractivity contribution >= 4 is 32.5 Å². The highest BCUT2D eigenvalue weighted by Crippen LogP contribution is 2.22. The number of nitrogens with zero attached hydrogens (tertiary/aromatic N) is 2. The first-order chi connectivity index (χ1) is 14.9. The third-order valence-electron chi connectivity index (χ3n) is 5.34. The zero-order valence-electron chi connectivity index (χ0n) is 17.0. The van der Waals surface area contributed by atoms with Gasteiger partial charge in [-0.2, -0.15) is 4.31 Å². The minimum Gasteiger partial charge on any atom is -0.326 e. The molecule has 1 aromatic heterocycles. The number of hydrogen-bond donors (Lipinski definition) is 2. The van der Waals surface area contributed by atoms with Gasteiger partial charge in [-0.25, -0.2) is 13.4 Å². The number of nitrogens with one attached hydrogen (secondary N) is 2. The third kappa shape index (κ3) is 4.83. The number of anilines is 1. The Kier molecular flexibility index (Phi) is 6.15. The fourth-order valence-corrected chi connectivity index (χ4v) is 5.19. The first-order valence-corrected chi connectivity index (χ1v) is 11.8. The minimum atomic E-state index is -3.50. The van der Waals surface area contributed by atoms with Gasteiger partial charge >= 0.3 is 0 Å². The van der Waals surface area contributed by atoms with E-state index in [0.717, 1.165) is 19.3 Å². The average Bonchev–Trinajstić information content (AvgIpc) is 2.79. The number of hydrogen-bond acceptors (Lipinski definition) is 5. The Labute approximate surface area is 180 Å². The number of aromatic nitrogens is 2. The molecule has 0 aliphatic carbocycles. The summed E-state index contributed by atoms with van der Waals surface area (Å²) >= 11 is 0. The molecular formula is C22H24N4O4S. The fraction of sp³-hybridized carbons (Fsp3) is 0.318. The summed E-state index contributed by atoms with van der Waals surface area (Å²) in [7, 11) is -3.50. The highest BCUT2D eigenvalue weighted by atomic mass is 32.2. The maximum atomic E-state index is 12.7. The molecule has 0 atom stereocenters. The molecule has 0 unspecified atom stereocenters. The molecule has 4 rings (SSSR count). The summed E-state index contributed by atoms with van der Waals surface area (Å²) in [6.07, 6.45) is 3.23. The van der Waals surface area contributed by atoms with E-state index in [1.165, 1.54) is 16.4 Å². The number of para-hydroxylation sites is 1. The molecule has 3 aromatic rings. The van der Waals surface area contributed by atoms with Crippen molar-refractivity contribution in [1.29, 1.82) is 0 Å². The monoisotopic (exact) mass is 440 g/mol. The summed E-state index contributed by atoms with van der Waals surface area (Å²) in [4.78, 5) is 31.7. The molecular weight excluding hydrogens is 416 g/mol. The van der Waals surface area contributed by atoms with Crippen LogP contribution >= 0.6 is 0 Å². The summed E-state index contributed by atoms with van der Waals surface area (Å²) in [5, 5.41) is 3.26. The van der Waals surface area contributed by atoms with E-state index >= 15 is 0 Å². The van der Waals surface area contributed by atoms with E-state index in [1.807, 2.05) is 0 Å². The van der Waals surface area contributed by atoms with E-state index in [4.69, 9.17) is 0 Å². The molecule has 0 saturated carbocycles. The molecule has 1 aliphatic rings. The zero-order chi connectivity index (χ0) is 21.8. The van der Waals surface area contributed by atoms with Crippen LogP contribution in [0.3, 0.4) is 0 Å². The number of benzene rings is 2. The second-order valence-corrected chi connectivity index (χ2v) is 9.51. The molecule has 1 amide bonds. The van der Waals surface area contributed by atoms with Crippen LogP contribution in [0, 0.1) is 0 Å². The van der Waals surface area contributed by atoms with Crippen molar-refractivity contribution in [1.82, 2.24) is 14.3 Å². The molecule has 0 spiro atoms. The van der Waals surface area contributed by atoms with Crippen LogP contribution in [-0.2, 0) is 21.2 Å². The van der Waals surface area contributed by atoms with Crippen molar-refractivity contribution in [3.63, 3.8) is 0 Å². The number of H-pyrrole nitrogens is 1. The van der Waals surface area contributed by atoms with Gasteiger partial charge < -0.3 is 10.3 Å². The Balaban J connectivity index is 1.37. The Morgan fingerprint density at radius 3 is 2.48 bits per heavy atom. The minimum absolute atomic E-state index is 0.134. The van der Waals surface area contributed by atoms with E-state index in [1.54, 1.807) is 36.4 Å². The Morgan fingerprint density at radius 2 is 1.74 bits per heavy atom. The number of sulfonamides is 1. The summed E-state index contributed by atoms with van der Waals surface area (Å²) in [6.45, 7) is 1.09. The molecule has 9 heteroatoms. The number of rotatable bonds is 6. The summed E-state index contributed by atoms with van der Waals surface area (Å²) < 4.78 is 26.9. The molecule has 1 fully saturated rings. The van der Waals surface area contributed by atoms with Crippen LogP contribution in [0.15, 0.2) is 58.2 Å². The van der Waals surface area contributed by atoms with E-state index in [0.29, 0.717) is 35.5 Å². The molecule has 1 aliphatic heterocycles. The number of aromatic amines is 1. The van der Waals surface area contributed by atoms with Gasteiger partial charge in [0.05, 0.1) is 15.8 Å². The van der Waals surface area contributed by atoms with Crippen molar-refractivity contribution in [2.24, 2.45) is 0 Å². The molecule has 0 radical (unpaired) electrons. The number of piperidine rings is 1. The number of aryl methyl sites for hydroxylation is 1. The fourth-order valence-electron chi connectivity index (χ4n) is 3.67. The lowest BCUT2D eigenvalue weighted by molar-refractivity contribution is -0.116. The van der Waals surface area contributed by atoms with Crippen LogP contribution in [0.4, 0.5) is 5.69 Å². The van der Waals surface area contributed by atoms with Gasteiger partial charge in [0.25, 0.3) is 5.56 Å². The lowest BCUT2D eigenvalue weighted by Crippen LogP contribution is -2.35. The molecule has 2 N–H and O–H groups in total. The predicted molar refractivity (Wildman–Crippen MR) is 118 cm³/mol. The first-order valence-electron chi connectivity index (χ1n) is 10.3. The van der Waals surface area contributed by atoms with Crippen LogP contribution in [0.2, 0.25) is 0 Å². The third-order valence-corrected chi connectivity index (χ3v) is 7.25. The summed E-state index contributed by atoms with van der Waals surface area (Å²) in [5.41, 5.74) is 0.876. The average molecular weight is 441 g/mol. The van der Waals surface area contributed by atoms with Crippen LogP contribution in [-0.4, -0.2) is 41.7 Å². The Bertz CT molecular complexity index is 1250. The molecule has 162 valence electrons. The smallest absolute Gasteiger partial charge is 0.258 e. The Morgan fingerprint density at radius 1 is 1.03 bits per heavy atom. The van der Waals surface area contributed by atoms with Gasteiger partial charge in [-0.1, -0.05) is 18.6 Å². The van der Waals surface area contributed by atoms with E-state index in [9.17, 15) is 18.0 Å². The molecule has 0 bridgehead atoms. The molecule has 8 nitrogen and oxygen atoms in total. The largest absolute Gasteiger partial charge is 0.326 e. The second-order valence-electron chi connectivity index (χ2n) is 7.57. The summed E-state index contributed by atoms with van der Waals surface area (Å²) in [6, 6.07) is 13.2. The molecule has 2 aromatic carbocycles. The molecule has 1 saturated heterocycles. The quantitative estimate of drug-likeness (QED) is 0.612. The van der Waals surface area contributed by atoms with Crippen molar-refractivity contribution in [3.05, 3.63) is 64.7 Å².